The number of hydrogen-bond donors (Lipinski definition) is 2. The third kappa shape index (κ3) is 3.23. The number of rotatable bonds is 3. The molecule has 142 valence electrons. The van der Waals surface area contributed by atoms with Gasteiger partial charge in [0.1, 0.15) is 6.04 Å². The number of benzene rings is 1. The summed E-state index contributed by atoms with van der Waals surface area (Å²) in [5.74, 6) is -1.25. The summed E-state index contributed by atoms with van der Waals surface area (Å²) in [5.41, 5.74) is 1.30. The molecule has 0 unspecified atom stereocenters. The number of likely N-dealkylation sites (tertiary alicyclic amines) is 1. The van der Waals surface area contributed by atoms with Crippen molar-refractivity contribution in [2.24, 2.45) is 11.1 Å². The van der Waals surface area contributed by atoms with Crippen LogP contribution < -0.4 is 5.14 Å². The van der Waals surface area contributed by atoms with Gasteiger partial charge in [-0.15, -0.1) is 0 Å². The molecule has 1 aliphatic carbocycles. The molecule has 1 heterocycles. The van der Waals surface area contributed by atoms with E-state index in [1.54, 1.807) is 19.9 Å². The molecular formula is C18H24N2O5S. The molecule has 0 radical (unpaired) electrons. The number of hydrogen-bond acceptors (Lipinski definition) is 4. The van der Waals surface area contributed by atoms with Gasteiger partial charge in [-0.05, 0) is 62.3 Å². The average Bonchev–Trinajstić information content (AvgIpc) is 2.95. The number of amides is 1. The van der Waals surface area contributed by atoms with Gasteiger partial charge in [-0.1, -0.05) is 12.8 Å². The molecule has 1 aliphatic heterocycles. The first-order chi connectivity index (χ1) is 12.1. The third-order valence-electron chi connectivity index (χ3n) is 5.78. The summed E-state index contributed by atoms with van der Waals surface area (Å²) in [7, 11) is -3.98. The molecule has 0 aromatic heterocycles. The van der Waals surface area contributed by atoms with Crippen molar-refractivity contribution in [2.75, 3.05) is 0 Å². The van der Waals surface area contributed by atoms with Crippen molar-refractivity contribution in [3.8, 4) is 0 Å². The molecule has 1 aromatic rings. The van der Waals surface area contributed by atoms with Gasteiger partial charge in [0, 0.05) is 11.6 Å². The first-order valence-corrected chi connectivity index (χ1v) is 10.4. The van der Waals surface area contributed by atoms with Gasteiger partial charge in [0.2, 0.25) is 10.0 Å². The molecule has 8 heteroatoms. The smallest absolute Gasteiger partial charge is 0.326 e. The molecule has 2 fully saturated rings. The summed E-state index contributed by atoms with van der Waals surface area (Å²) in [4.78, 5) is 26.3. The van der Waals surface area contributed by atoms with Gasteiger partial charge in [-0.2, -0.15) is 0 Å². The molecule has 3 atom stereocenters. The predicted molar refractivity (Wildman–Crippen MR) is 95.2 cm³/mol. The van der Waals surface area contributed by atoms with E-state index in [1.807, 2.05) is 0 Å². The Balaban J connectivity index is 2.05. The van der Waals surface area contributed by atoms with Crippen LogP contribution in [0.25, 0.3) is 0 Å². The minimum atomic E-state index is -3.98. The van der Waals surface area contributed by atoms with E-state index in [0.717, 1.165) is 25.7 Å². The van der Waals surface area contributed by atoms with Gasteiger partial charge in [-0.25, -0.2) is 18.4 Å². The van der Waals surface area contributed by atoms with Gasteiger partial charge in [0.25, 0.3) is 5.91 Å². The van der Waals surface area contributed by atoms with Crippen LogP contribution in [0.3, 0.4) is 0 Å². The fourth-order valence-corrected chi connectivity index (χ4v) is 5.25. The van der Waals surface area contributed by atoms with Crippen molar-refractivity contribution in [1.82, 2.24) is 4.90 Å². The molecule has 1 amide bonds. The van der Waals surface area contributed by atoms with Gasteiger partial charge in [-0.3, -0.25) is 4.79 Å². The van der Waals surface area contributed by atoms with E-state index >= 15 is 0 Å². The second kappa shape index (κ2) is 6.66. The van der Waals surface area contributed by atoms with Gasteiger partial charge < -0.3 is 10.0 Å². The molecule has 1 saturated carbocycles. The molecule has 0 spiro atoms. The molecular weight excluding hydrogens is 356 g/mol. The van der Waals surface area contributed by atoms with Crippen LogP contribution in [0, 0.1) is 19.8 Å². The number of nitrogens with two attached hydrogens (primary N) is 1. The third-order valence-corrected chi connectivity index (χ3v) is 6.82. The number of aliphatic carboxylic acids is 1. The number of sulfonamides is 1. The first kappa shape index (κ1) is 18.8. The summed E-state index contributed by atoms with van der Waals surface area (Å²) < 4.78 is 23.7. The van der Waals surface area contributed by atoms with Crippen LogP contribution in [0.1, 0.15) is 53.6 Å². The Labute approximate surface area is 153 Å². The average molecular weight is 380 g/mol. The van der Waals surface area contributed by atoms with Crippen LogP contribution in [-0.4, -0.2) is 42.4 Å². The molecule has 0 bridgehead atoms. The summed E-state index contributed by atoms with van der Waals surface area (Å²) in [6.45, 7) is 3.35. The summed E-state index contributed by atoms with van der Waals surface area (Å²) in [6, 6.07) is 1.92. The molecule has 2 aliphatic rings. The molecule has 3 rings (SSSR count). The highest BCUT2D eigenvalue weighted by molar-refractivity contribution is 7.89. The Bertz CT molecular complexity index is 865. The van der Waals surface area contributed by atoms with Crippen LogP contribution in [0.5, 0.6) is 0 Å². The summed E-state index contributed by atoms with van der Waals surface area (Å²) >= 11 is 0. The molecule has 1 saturated heterocycles. The van der Waals surface area contributed by atoms with Crippen molar-refractivity contribution >= 4 is 21.9 Å². The van der Waals surface area contributed by atoms with Crippen molar-refractivity contribution < 1.29 is 23.1 Å². The van der Waals surface area contributed by atoms with Gasteiger partial charge >= 0.3 is 5.97 Å². The number of carbonyl (C=O) groups excluding carboxylic acids is 1. The fourth-order valence-electron chi connectivity index (χ4n) is 4.37. The minimum Gasteiger partial charge on any atom is -0.480 e. The standard InChI is InChI=1S/C18H24N2O5S/c1-10-7-13(9-16(11(10)2)26(19,24)25)17(21)20-14-6-4-3-5-12(14)8-15(20)18(22)23/h7,9,12,14-15H,3-6,8H2,1-2H3,(H,22,23)(H2,19,24,25)/t12-,14+,15+/m1/s1. The van der Waals surface area contributed by atoms with E-state index in [0.29, 0.717) is 17.5 Å². The van der Waals surface area contributed by atoms with Gasteiger partial charge in [0.05, 0.1) is 4.90 Å². The van der Waals surface area contributed by atoms with Crippen molar-refractivity contribution in [1.29, 1.82) is 0 Å². The zero-order valence-electron chi connectivity index (χ0n) is 14.9. The normalized spacial score (nSPS) is 25.8. The number of primary sulfonamides is 1. The maximum Gasteiger partial charge on any atom is 0.326 e. The SMILES string of the molecule is Cc1cc(C(=O)N2[C@H](C(=O)O)C[C@H]3CCCC[C@@H]32)cc(S(N)(=O)=O)c1C. The minimum absolute atomic E-state index is 0.0906. The Morgan fingerprint density at radius 1 is 1.19 bits per heavy atom. The molecule has 1 aromatic carbocycles. The van der Waals surface area contributed by atoms with Crippen LogP contribution in [0.15, 0.2) is 17.0 Å². The van der Waals surface area contributed by atoms with Gasteiger partial charge in [0.15, 0.2) is 0 Å². The van der Waals surface area contributed by atoms with E-state index in [4.69, 9.17) is 5.14 Å². The monoisotopic (exact) mass is 380 g/mol. The van der Waals surface area contributed by atoms with E-state index in [9.17, 15) is 23.1 Å². The van der Waals surface area contributed by atoms with Crippen molar-refractivity contribution in [2.45, 2.75) is 62.9 Å². The van der Waals surface area contributed by atoms with E-state index < -0.39 is 27.9 Å². The Kier molecular flexibility index (Phi) is 4.83. The molecule has 7 nitrogen and oxygen atoms in total. The Morgan fingerprint density at radius 3 is 2.46 bits per heavy atom. The highest BCUT2D eigenvalue weighted by Gasteiger charge is 2.47. The maximum atomic E-state index is 13.2. The van der Waals surface area contributed by atoms with Crippen molar-refractivity contribution in [3.05, 3.63) is 28.8 Å². The second-order valence-electron chi connectivity index (χ2n) is 7.38. The van der Waals surface area contributed by atoms with Crippen LogP contribution in [0.2, 0.25) is 0 Å². The Hall–Kier alpha value is -1.93. The topological polar surface area (TPSA) is 118 Å². The summed E-state index contributed by atoms with van der Waals surface area (Å²) in [6.07, 6.45) is 4.18. The van der Waals surface area contributed by atoms with E-state index in [-0.39, 0.29) is 22.4 Å². The second-order valence-corrected chi connectivity index (χ2v) is 8.91. The first-order valence-electron chi connectivity index (χ1n) is 8.80. The van der Waals surface area contributed by atoms with Crippen molar-refractivity contribution in [3.63, 3.8) is 0 Å². The lowest BCUT2D eigenvalue weighted by molar-refractivity contribution is -0.141. The van der Waals surface area contributed by atoms with Crippen LogP contribution >= 0.6 is 0 Å². The molecule has 3 N–H and O–H groups in total. The predicted octanol–water partition coefficient (Wildman–Crippen LogP) is 1.81. The number of aryl methyl sites for hydroxylation is 1. The van der Waals surface area contributed by atoms with Crippen LogP contribution in [0.4, 0.5) is 0 Å². The highest BCUT2D eigenvalue weighted by atomic mass is 32.2. The number of carboxylic acids is 1. The zero-order valence-corrected chi connectivity index (χ0v) is 15.8. The van der Waals surface area contributed by atoms with Crippen LogP contribution in [-0.2, 0) is 14.8 Å². The largest absolute Gasteiger partial charge is 0.480 e. The fraction of sp³-hybridized carbons (Fsp3) is 0.556. The number of fused-ring (bicyclic) bond motifs is 1. The number of carbonyl (C=O) groups is 2. The summed E-state index contributed by atoms with van der Waals surface area (Å²) in [5, 5.41) is 14.9. The van der Waals surface area contributed by atoms with E-state index in [1.165, 1.54) is 11.0 Å². The zero-order chi connectivity index (χ0) is 19.2. The lowest BCUT2D eigenvalue weighted by Gasteiger charge is -2.33. The lowest BCUT2D eigenvalue weighted by Crippen LogP contribution is -2.46. The number of nitrogens with zero attached hydrogens (tertiary/aromatic N) is 1. The molecule has 26 heavy (non-hydrogen) atoms. The maximum absolute atomic E-state index is 13.2. The lowest BCUT2D eigenvalue weighted by atomic mass is 9.84. The number of carboxylic acid groups (broad SMARTS) is 1. The Morgan fingerprint density at radius 2 is 1.85 bits per heavy atom. The quantitative estimate of drug-likeness (QED) is 0.829. The highest BCUT2D eigenvalue weighted by Crippen LogP contribution is 2.40. The van der Waals surface area contributed by atoms with E-state index in [2.05, 4.69) is 0 Å².